The third kappa shape index (κ3) is 2.44. The number of aromatic nitrogens is 2. The third-order valence-electron chi connectivity index (χ3n) is 3.07. The Balaban J connectivity index is 2.01. The molecule has 0 aromatic carbocycles. The maximum absolute atomic E-state index is 11.5. The van der Waals surface area contributed by atoms with Crippen molar-refractivity contribution in [2.75, 3.05) is 19.7 Å². The summed E-state index contributed by atoms with van der Waals surface area (Å²) < 4.78 is 6.44. The van der Waals surface area contributed by atoms with Crippen LogP contribution in [0.3, 0.4) is 0 Å². The fraction of sp³-hybridized carbons (Fsp3) is 0.417. The molecule has 1 amide bonds. The van der Waals surface area contributed by atoms with Gasteiger partial charge in [-0.1, -0.05) is 12.7 Å². The van der Waals surface area contributed by atoms with Crippen LogP contribution in [0.2, 0.25) is 0 Å². The minimum atomic E-state index is -1.00. The van der Waals surface area contributed by atoms with Crippen molar-refractivity contribution >= 4 is 12.1 Å². The number of hydrogen-bond acceptors (Lipinski definition) is 4. The number of carbonyl (C=O) groups is 2. The Morgan fingerprint density at radius 2 is 2.32 bits per heavy atom. The zero-order valence-corrected chi connectivity index (χ0v) is 10.6. The number of amides is 1. The van der Waals surface area contributed by atoms with Gasteiger partial charge in [0.2, 0.25) is 0 Å². The van der Waals surface area contributed by atoms with Gasteiger partial charge in [0.1, 0.15) is 12.2 Å². The van der Waals surface area contributed by atoms with Gasteiger partial charge in [0.05, 0.1) is 11.9 Å². The van der Waals surface area contributed by atoms with Gasteiger partial charge in [-0.05, 0) is 0 Å². The smallest absolute Gasteiger partial charge is 0.410 e. The highest BCUT2D eigenvalue weighted by atomic mass is 16.6. The highest BCUT2D eigenvalue weighted by molar-refractivity contribution is 5.89. The van der Waals surface area contributed by atoms with E-state index in [0.29, 0.717) is 18.8 Å². The van der Waals surface area contributed by atoms with E-state index in [0.717, 1.165) is 0 Å². The maximum Gasteiger partial charge on any atom is 0.410 e. The molecule has 7 heteroatoms. The van der Waals surface area contributed by atoms with E-state index < -0.39 is 12.1 Å². The molecule has 0 saturated carbocycles. The molecule has 1 aromatic rings. The summed E-state index contributed by atoms with van der Waals surface area (Å²) >= 11 is 0. The monoisotopic (exact) mass is 265 g/mol. The Bertz CT molecular complexity index is 517. The average Bonchev–Trinajstić information content (AvgIpc) is 2.67. The SMILES string of the molecule is C=CCOC(=O)N1CC(c2c(C(=O)O)cnn2C)C1. The van der Waals surface area contributed by atoms with Crippen molar-refractivity contribution in [1.29, 1.82) is 0 Å². The molecule has 1 aromatic heterocycles. The van der Waals surface area contributed by atoms with Gasteiger partial charge in [0.25, 0.3) is 0 Å². The molecule has 1 fully saturated rings. The lowest BCUT2D eigenvalue weighted by atomic mass is 9.94. The fourth-order valence-electron chi connectivity index (χ4n) is 2.12. The van der Waals surface area contributed by atoms with Crippen LogP contribution in [0.25, 0.3) is 0 Å². The molecule has 0 unspecified atom stereocenters. The highest BCUT2D eigenvalue weighted by Crippen LogP contribution is 2.29. The van der Waals surface area contributed by atoms with Crippen molar-refractivity contribution in [3.8, 4) is 0 Å². The number of aryl methyl sites for hydroxylation is 1. The molecule has 0 radical (unpaired) electrons. The predicted octanol–water partition coefficient (Wildman–Crippen LogP) is 0.840. The Kier molecular flexibility index (Phi) is 3.55. The van der Waals surface area contributed by atoms with Gasteiger partial charge < -0.3 is 14.7 Å². The summed E-state index contributed by atoms with van der Waals surface area (Å²) in [4.78, 5) is 24.1. The lowest BCUT2D eigenvalue weighted by molar-refractivity contribution is 0.0684. The first-order valence-electron chi connectivity index (χ1n) is 5.82. The molecular formula is C12H15N3O4. The molecule has 0 bridgehead atoms. The number of hydrogen-bond donors (Lipinski definition) is 1. The third-order valence-corrected chi connectivity index (χ3v) is 3.07. The standard InChI is InChI=1S/C12H15N3O4/c1-3-4-19-12(18)15-6-8(7-15)10-9(11(16)17)5-13-14(10)2/h3,5,8H,1,4,6-7H2,2H3,(H,16,17). The lowest BCUT2D eigenvalue weighted by Crippen LogP contribution is -2.49. The molecule has 0 aliphatic carbocycles. The average molecular weight is 265 g/mol. The van der Waals surface area contributed by atoms with E-state index >= 15 is 0 Å². The number of nitrogens with zero attached hydrogens (tertiary/aromatic N) is 3. The lowest BCUT2D eigenvalue weighted by Gasteiger charge is -2.38. The minimum absolute atomic E-state index is 0.0186. The quantitative estimate of drug-likeness (QED) is 0.815. The number of aromatic carboxylic acids is 1. The Morgan fingerprint density at radius 1 is 1.63 bits per heavy atom. The largest absolute Gasteiger partial charge is 0.478 e. The van der Waals surface area contributed by atoms with Crippen LogP contribution in [0, 0.1) is 0 Å². The summed E-state index contributed by atoms with van der Waals surface area (Å²) in [5.41, 5.74) is 0.826. The van der Waals surface area contributed by atoms with Gasteiger partial charge in [0.15, 0.2) is 0 Å². The molecular weight excluding hydrogens is 250 g/mol. The maximum atomic E-state index is 11.5. The Morgan fingerprint density at radius 3 is 2.89 bits per heavy atom. The molecule has 2 rings (SSSR count). The van der Waals surface area contributed by atoms with E-state index in [9.17, 15) is 9.59 Å². The normalized spacial score (nSPS) is 14.9. The predicted molar refractivity (Wildman–Crippen MR) is 66.0 cm³/mol. The summed E-state index contributed by atoms with van der Waals surface area (Å²) in [5, 5.41) is 13.0. The minimum Gasteiger partial charge on any atom is -0.478 e. The molecule has 0 atom stereocenters. The van der Waals surface area contributed by atoms with Gasteiger partial charge in [0, 0.05) is 26.1 Å². The number of likely N-dealkylation sites (tertiary alicyclic amines) is 1. The van der Waals surface area contributed by atoms with E-state index in [2.05, 4.69) is 11.7 Å². The van der Waals surface area contributed by atoms with Crippen molar-refractivity contribution in [3.63, 3.8) is 0 Å². The van der Waals surface area contributed by atoms with Crippen molar-refractivity contribution in [2.45, 2.75) is 5.92 Å². The first-order valence-corrected chi connectivity index (χ1v) is 5.82. The summed E-state index contributed by atoms with van der Waals surface area (Å²) in [6.45, 7) is 4.51. The van der Waals surface area contributed by atoms with Crippen LogP contribution in [0.15, 0.2) is 18.9 Å². The van der Waals surface area contributed by atoms with Crippen LogP contribution in [-0.4, -0.2) is 51.5 Å². The number of carboxylic acid groups (broad SMARTS) is 1. The number of carbonyl (C=O) groups excluding carboxylic acids is 1. The van der Waals surface area contributed by atoms with Crippen molar-refractivity contribution < 1.29 is 19.4 Å². The van der Waals surface area contributed by atoms with Crippen molar-refractivity contribution in [3.05, 3.63) is 30.1 Å². The second-order valence-electron chi connectivity index (χ2n) is 4.34. The molecule has 102 valence electrons. The molecule has 1 aliphatic rings. The number of rotatable bonds is 4. The van der Waals surface area contributed by atoms with Crippen LogP contribution >= 0.6 is 0 Å². The van der Waals surface area contributed by atoms with Crippen molar-refractivity contribution in [1.82, 2.24) is 14.7 Å². The molecule has 19 heavy (non-hydrogen) atoms. The van der Waals surface area contributed by atoms with Crippen LogP contribution < -0.4 is 0 Å². The fourth-order valence-corrected chi connectivity index (χ4v) is 2.12. The van der Waals surface area contributed by atoms with E-state index in [1.807, 2.05) is 0 Å². The Hall–Kier alpha value is -2.31. The van der Waals surface area contributed by atoms with E-state index in [1.165, 1.54) is 17.2 Å². The van der Waals surface area contributed by atoms with E-state index in [-0.39, 0.29) is 18.1 Å². The summed E-state index contributed by atoms with van der Waals surface area (Å²) in [6, 6.07) is 0. The van der Waals surface area contributed by atoms with E-state index in [4.69, 9.17) is 9.84 Å². The zero-order valence-electron chi connectivity index (χ0n) is 10.6. The number of carboxylic acids is 1. The van der Waals surface area contributed by atoms with Gasteiger partial charge in [-0.25, -0.2) is 9.59 Å². The molecule has 7 nitrogen and oxygen atoms in total. The van der Waals surface area contributed by atoms with Crippen LogP contribution in [0.1, 0.15) is 22.0 Å². The number of ether oxygens (including phenoxy) is 1. The molecule has 1 aliphatic heterocycles. The summed E-state index contributed by atoms with van der Waals surface area (Å²) in [6.07, 6.45) is 2.42. The second kappa shape index (κ2) is 5.13. The summed E-state index contributed by atoms with van der Waals surface area (Å²) in [5.74, 6) is -1.02. The van der Waals surface area contributed by atoms with Crippen LogP contribution in [0.5, 0.6) is 0 Å². The molecule has 0 spiro atoms. The summed E-state index contributed by atoms with van der Waals surface area (Å²) in [7, 11) is 1.69. The van der Waals surface area contributed by atoms with Gasteiger partial charge >= 0.3 is 12.1 Å². The van der Waals surface area contributed by atoms with Crippen molar-refractivity contribution in [2.24, 2.45) is 7.05 Å². The van der Waals surface area contributed by atoms with Gasteiger partial charge in [-0.15, -0.1) is 0 Å². The van der Waals surface area contributed by atoms with E-state index in [1.54, 1.807) is 11.7 Å². The second-order valence-corrected chi connectivity index (χ2v) is 4.34. The van der Waals surface area contributed by atoms with Gasteiger partial charge in [-0.2, -0.15) is 5.10 Å². The zero-order chi connectivity index (χ0) is 14.0. The first kappa shape index (κ1) is 13.1. The first-order chi connectivity index (χ1) is 9.04. The van der Waals surface area contributed by atoms with Crippen LogP contribution in [0.4, 0.5) is 4.79 Å². The molecule has 1 saturated heterocycles. The van der Waals surface area contributed by atoms with Gasteiger partial charge in [-0.3, -0.25) is 4.68 Å². The molecule has 1 N–H and O–H groups in total. The van der Waals surface area contributed by atoms with Crippen LogP contribution in [-0.2, 0) is 11.8 Å². The topological polar surface area (TPSA) is 84.7 Å². The highest BCUT2D eigenvalue weighted by Gasteiger charge is 2.36. The molecule has 2 heterocycles. The Labute approximate surface area is 110 Å².